The average Bonchev–Trinajstić information content (AvgIpc) is 2.19. The Hall–Kier alpha value is -1.57. The predicted molar refractivity (Wildman–Crippen MR) is 56.8 cm³/mol. The van der Waals surface area contributed by atoms with Crippen molar-refractivity contribution in [3.63, 3.8) is 0 Å². The van der Waals surface area contributed by atoms with Gasteiger partial charge in [-0.3, -0.25) is 4.79 Å². The smallest absolute Gasteiger partial charge is 0.342 e. The number of hydrogen-bond acceptors (Lipinski definition) is 4. The van der Waals surface area contributed by atoms with Crippen LogP contribution in [-0.2, 0) is 7.05 Å². The van der Waals surface area contributed by atoms with E-state index in [1.165, 1.54) is 24.0 Å². The van der Waals surface area contributed by atoms with Crippen LogP contribution in [0.5, 0.6) is 0 Å². The highest BCUT2D eigenvalue weighted by molar-refractivity contribution is 5.35. The first-order valence-corrected chi connectivity index (χ1v) is 4.88. The van der Waals surface area contributed by atoms with Crippen molar-refractivity contribution in [3.05, 3.63) is 22.7 Å². The van der Waals surface area contributed by atoms with Crippen LogP contribution in [0.25, 0.3) is 0 Å². The third-order valence-electron chi connectivity index (χ3n) is 2.07. The Bertz CT molecular complexity index is 429. The summed E-state index contributed by atoms with van der Waals surface area (Å²) in [6.45, 7) is -1.31. The van der Waals surface area contributed by atoms with Crippen LogP contribution in [0.3, 0.4) is 0 Å². The third-order valence-corrected chi connectivity index (χ3v) is 2.07. The van der Waals surface area contributed by atoms with E-state index in [0.717, 1.165) is 4.90 Å². The van der Waals surface area contributed by atoms with Gasteiger partial charge in [0.05, 0.1) is 0 Å². The van der Waals surface area contributed by atoms with Gasteiger partial charge in [0, 0.05) is 32.5 Å². The molecule has 5 nitrogen and oxygen atoms in total. The van der Waals surface area contributed by atoms with Crippen LogP contribution in [0.1, 0.15) is 0 Å². The summed E-state index contributed by atoms with van der Waals surface area (Å²) in [5.41, 5.74) is 4.65. The number of aromatic nitrogens is 2. The molecule has 0 aliphatic carbocycles. The van der Waals surface area contributed by atoms with Crippen LogP contribution in [-0.4, -0.2) is 35.4 Å². The number of nitrogens with zero attached hydrogens (tertiary/aromatic N) is 3. The fourth-order valence-electron chi connectivity index (χ4n) is 1.33. The molecule has 0 aromatic carbocycles. The van der Waals surface area contributed by atoms with Crippen molar-refractivity contribution < 1.29 is 13.2 Å². The van der Waals surface area contributed by atoms with Gasteiger partial charge in [0.1, 0.15) is 6.54 Å². The molecule has 0 aliphatic heterocycles. The highest BCUT2D eigenvalue weighted by atomic mass is 19.4. The molecule has 0 saturated heterocycles. The molecule has 1 aromatic rings. The van der Waals surface area contributed by atoms with Crippen molar-refractivity contribution in [2.75, 3.05) is 24.5 Å². The number of alkyl halides is 3. The van der Waals surface area contributed by atoms with Gasteiger partial charge in [0.2, 0.25) is 0 Å². The second-order valence-corrected chi connectivity index (χ2v) is 3.49. The Morgan fingerprint density at radius 1 is 1.53 bits per heavy atom. The van der Waals surface area contributed by atoms with Crippen LogP contribution in [0.2, 0.25) is 0 Å². The van der Waals surface area contributed by atoms with Crippen molar-refractivity contribution in [1.29, 1.82) is 0 Å². The van der Waals surface area contributed by atoms with Gasteiger partial charge < -0.3 is 15.2 Å². The van der Waals surface area contributed by atoms with Gasteiger partial charge in [-0.15, -0.1) is 0 Å². The van der Waals surface area contributed by atoms with Gasteiger partial charge in [0.15, 0.2) is 5.82 Å². The zero-order valence-corrected chi connectivity index (χ0v) is 9.24. The van der Waals surface area contributed by atoms with Crippen molar-refractivity contribution >= 4 is 5.82 Å². The van der Waals surface area contributed by atoms with E-state index in [4.69, 9.17) is 5.73 Å². The summed E-state index contributed by atoms with van der Waals surface area (Å²) in [7, 11) is 1.45. The molecule has 0 spiro atoms. The second-order valence-electron chi connectivity index (χ2n) is 3.49. The predicted octanol–water partition coefficient (Wildman–Crippen LogP) is 0.108. The summed E-state index contributed by atoms with van der Waals surface area (Å²) in [5.74, 6) is -0.238. The first kappa shape index (κ1) is 13.5. The highest BCUT2D eigenvalue weighted by Gasteiger charge is 2.32. The zero-order valence-electron chi connectivity index (χ0n) is 9.24. The lowest BCUT2D eigenvalue weighted by Gasteiger charge is -2.23. The zero-order chi connectivity index (χ0) is 13.1. The molecule has 0 aliphatic rings. The number of rotatable bonds is 4. The quantitative estimate of drug-likeness (QED) is 0.823. The minimum absolute atomic E-state index is 0.00973. The van der Waals surface area contributed by atoms with E-state index in [-0.39, 0.29) is 18.9 Å². The summed E-state index contributed by atoms with van der Waals surface area (Å²) >= 11 is 0. The monoisotopic (exact) mass is 250 g/mol. The van der Waals surface area contributed by atoms with E-state index < -0.39 is 18.3 Å². The van der Waals surface area contributed by atoms with Gasteiger partial charge in [0.25, 0.3) is 5.56 Å². The standard InChI is InChI=1S/C9H13F3N4O/c1-15-5-3-14-7(8(15)17)16(4-2-13)6-9(10,11)12/h3,5H,2,4,6,13H2,1H3. The van der Waals surface area contributed by atoms with Crippen LogP contribution in [0.4, 0.5) is 19.0 Å². The molecule has 0 radical (unpaired) electrons. The molecule has 1 rings (SSSR count). The van der Waals surface area contributed by atoms with Gasteiger partial charge >= 0.3 is 6.18 Å². The number of aryl methyl sites for hydroxylation is 1. The molecule has 0 saturated carbocycles. The van der Waals surface area contributed by atoms with E-state index in [1.807, 2.05) is 0 Å². The largest absolute Gasteiger partial charge is 0.405 e. The summed E-state index contributed by atoms with van der Waals surface area (Å²) in [6, 6.07) is 0. The first-order chi connectivity index (χ1) is 7.85. The Morgan fingerprint density at radius 2 is 2.18 bits per heavy atom. The maximum Gasteiger partial charge on any atom is 0.405 e. The molecule has 96 valence electrons. The Labute approximate surface area is 95.7 Å². The molecule has 8 heteroatoms. The van der Waals surface area contributed by atoms with Gasteiger partial charge in [-0.25, -0.2) is 4.98 Å². The first-order valence-electron chi connectivity index (χ1n) is 4.88. The van der Waals surface area contributed by atoms with Gasteiger partial charge in [-0.1, -0.05) is 0 Å². The molecule has 0 atom stereocenters. The maximum absolute atomic E-state index is 12.3. The molecule has 0 fully saturated rings. The summed E-state index contributed by atoms with van der Waals surface area (Å²) in [4.78, 5) is 16.1. The molecule has 1 heterocycles. The molecule has 0 amide bonds. The van der Waals surface area contributed by atoms with Crippen LogP contribution >= 0.6 is 0 Å². The molecule has 0 unspecified atom stereocenters. The minimum Gasteiger partial charge on any atom is -0.342 e. The second kappa shape index (κ2) is 5.17. The Balaban J connectivity index is 3.06. The van der Waals surface area contributed by atoms with Crippen LogP contribution in [0, 0.1) is 0 Å². The highest BCUT2D eigenvalue weighted by Crippen LogP contribution is 2.18. The van der Waals surface area contributed by atoms with E-state index in [2.05, 4.69) is 4.98 Å². The fraction of sp³-hybridized carbons (Fsp3) is 0.556. The molecular weight excluding hydrogens is 237 g/mol. The number of anilines is 1. The topological polar surface area (TPSA) is 64.2 Å². The summed E-state index contributed by atoms with van der Waals surface area (Å²) in [5, 5.41) is 0. The lowest BCUT2D eigenvalue weighted by Crippen LogP contribution is -2.41. The molecular formula is C9H13F3N4O. The molecule has 1 aromatic heterocycles. The van der Waals surface area contributed by atoms with Crippen molar-refractivity contribution in [2.45, 2.75) is 6.18 Å². The molecule has 2 N–H and O–H groups in total. The van der Waals surface area contributed by atoms with Crippen LogP contribution in [0.15, 0.2) is 17.2 Å². The van der Waals surface area contributed by atoms with Crippen molar-refractivity contribution in [2.24, 2.45) is 12.8 Å². The third kappa shape index (κ3) is 3.74. The van der Waals surface area contributed by atoms with E-state index >= 15 is 0 Å². The Kier molecular flexibility index (Phi) is 4.11. The number of halogens is 3. The average molecular weight is 250 g/mol. The number of hydrogen-bond donors (Lipinski definition) is 1. The number of nitrogens with two attached hydrogens (primary N) is 1. The SMILES string of the molecule is Cn1ccnc(N(CCN)CC(F)(F)F)c1=O. The maximum atomic E-state index is 12.3. The van der Waals surface area contributed by atoms with Crippen molar-refractivity contribution in [1.82, 2.24) is 9.55 Å². The molecule has 17 heavy (non-hydrogen) atoms. The van der Waals surface area contributed by atoms with Gasteiger partial charge in [-0.05, 0) is 0 Å². The normalized spacial score (nSPS) is 11.6. The fourth-order valence-corrected chi connectivity index (χ4v) is 1.33. The van der Waals surface area contributed by atoms with Crippen LogP contribution < -0.4 is 16.2 Å². The lowest BCUT2D eigenvalue weighted by molar-refractivity contribution is -0.119. The summed E-state index contributed by atoms with van der Waals surface area (Å²) in [6.07, 6.45) is -1.76. The lowest BCUT2D eigenvalue weighted by atomic mass is 10.4. The minimum atomic E-state index is -4.41. The van der Waals surface area contributed by atoms with Gasteiger partial charge in [-0.2, -0.15) is 13.2 Å². The van der Waals surface area contributed by atoms with Crippen molar-refractivity contribution in [3.8, 4) is 0 Å². The molecule has 0 bridgehead atoms. The van der Waals surface area contributed by atoms with E-state index in [1.54, 1.807) is 0 Å². The van der Waals surface area contributed by atoms with E-state index in [9.17, 15) is 18.0 Å². The summed E-state index contributed by atoms with van der Waals surface area (Å²) < 4.78 is 38.2. The Morgan fingerprint density at radius 3 is 2.71 bits per heavy atom. The van der Waals surface area contributed by atoms with E-state index in [0.29, 0.717) is 0 Å².